The van der Waals surface area contributed by atoms with Crippen molar-refractivity contribution in [3.63, 3.8) is 0 Å². The smallest absolute Gasteiger partial charge is 0.343 e. The molecule has 2 aromatic heterocycles. The Morgan fingerprint density at radius 3 is 2.47 bits per heavy atom. The van der Waals surface area contributed by atoms with E-state index in [9.17, 15) is 9.18 Å². The minimum Gasteiger partial charge on any atom is -0.422 e. The van der Waals surface area contributed by atoms with E-state index in [2.05, 4.69) is 29.7 Å². The number of halogens is 1. The molecule has 4 aromatic rings. The molecule has 5 nitrogen and oxygen atoms in total. The summed E-state index contributed by atoms with van der Waals surface area (Å²) in [4.78, 5) is 17.1. The monoisotopic (exact) mass is 486 g/mol. The first-order valence-corrected chi connectivity index (χ1v) is 12.9. The van der Waals surface area contributed by atoms with Gasteiger partial charge in [-0.2, -0.15) is 4.57 Å². The Morgan fingerprint density at radius 2 is 1.72 bits per heavy atom. The highest BCUT2D eigenvalue weighted by molar-refractivity contribution is 5.84. The fraction of sp³-hybridized carbons (Fsp3) is 0.333. The van der Waals surface area contributed by atoms with Gasteiger partial charge in [0.2, 0.25) is 11.2 Å². The predicted octanol–water partition coefficient (Wildman–Crippen LogP) is 5.92. The van der Waals surface area contributed by atoms with Crippen LogP contribution in [0.25, 0.3) is 34.0 Å². The highest BCUT2D eigenvalue weighted by atomic mass is 19.1. The number of hydrogen-bond donors (Lipinski definition) is 0. The zero-order valence-electron chi connectivity index (χ0n) is 21.3. The van der Waals surface area contributed by atoms with Gasteiger partial charge in [0.15, 0.2) is 0 Å². The van der Waals surface area contributed by atoms with E-state index < -0.39 is 0 Å². The first-order valence-electron chi connectivity index (χ1n) is 12.9. The molecule has 0 aliphatic carbocycles. The van der Waals surface area contributed by atoms with E-state index in [-0.39, 0.29) is 11.4 Å². The van der Waals surface area contributed by atoms with Crippen molar-refractivity contribution in [3.8, 4) is 0 Å². The van der Waals surface area contributed by atoms with Crippen LogP contribution in [0.15, 0.2) is 57.7 Å². The molecule has 2 aromatic carbocycles. The standard InChI is InChI=1S/C30H33FN3O2/c1-4-33(5-2)25-14-10-22-17-23(30(35)36-29(22)19-25)11-13-24-12-9-21-18-26(31)28(20-27(21)32(24)3)34-15-7-6-8-16-34/h9-14,17-20H,4-8,15-16H2,1-3H3/q+1. The molecule has 186 valence electrons. The van der Waals surface area contributed by atoms with Crippen LogP contribution in [0.1, 0.15) is 44.4 Å². The van der Waals surface area contributed by atoms with E-state index in [1.54, 1.807) is 12.1 Å². The number of hydrogen-bond acceptors (Lipinski definition) is 4. The SMILES string of the molecule is CCN(CC)c1ccc2cc(/C=C/c3ccc4cc(F)c(N5CCCCC5)cc4[n+]3C)c(=O)oc2c1. The molecule has 0 spiro atoms. The Morgan fingerprint density at radius 1 is 0.972 bits per heavy atom. The second-order valence-electron chi connectivity index (χ2n) is 9.44. The van der Waals surface area contributed by atoms with Gasteiger partial charge in [0.25, 0.3) is 0 Å². The van der Waals surface area contributed by atoms with E-state index in [1.807, 2.05) is 54.1 Å². The van der Waals surface area contributed by atoms with Gasteiger partial charge in [0.05, 0.1) is 11.3 Å². The van der Waals surface area contributed by atoms with Gasteiger partial charge in [-0.25, -0.2) is 9.18 Å². The summed E-state index contributed by atoms with van der Waals surface area (Å²) < 4.78 is 22.6. The Labute approximate surface area is 211 Å². The summed E-state index contributed by atoms with van der Waals surface area (Å²) >= 11 is 0. The fourth-order valence-corrected chi connectivity index (χ4v) is 5.15. The highest BCUT2D eigenvalue weighted by Gasteiger charge is 2.19. The number of aryl methyl sites for hydroxylation is 1. The Bertz CT molecular complexity index is 1500. The van der Waals surface area contributed by atoms with Gasteiger partial charge < -0.3 is 14.2 Å². The molecule has 0 atom stereocenters. The van der Waals surface area contributed by atoms with Crippen molar-refractivity contribution in [1.29, 1.82) is 0 Å². The molecular formula is C30H33FN3O2+. The van der Waals surface area contributed by atoms with Crippen LogP contribution < -0.4 is 20.0 Å². The summed E-state index contributed by atoms with van der Waals surface area (Å²) in [5.74, 6) is -0.175. The number of fused-ring (bicyclic) bond motifs is 2. The fourth-order valence-electron chi connectivity index (χ4n) is 5.15. The number of anilines is 2. The molecule has 3 heterocycles. The van der Waals surface area contributed by atoms with Crippen molar-refractivity contribution in [2.45, 2.75) is 33.1 Å². The van der Waals surface area contributed by atoms with E-state index in [0.29, 0.717) is 16.8 Å². The largest absolute Gasteiger partial charge is 0.422 e. The normalized spacial score (nSPS) is 14.3. The number of aromatic nitrogens is 1. The first kappa shape index (κ1) is 24.0. The van der Waals surface area contributed by atoms with Gasteiger partial charge in [-0.15, -0.1) is 0 Å². The van der Waals surface area contributed by atoms with Gasteiger partial charge in [0.1, 0.15) is 18.4 Å². The van der Waals surface area contributed by atoms with Crippen LogP contribution in [0.5, 0.6) is 0 Å². The van der Waals surface area contributed by atoms with Crippen LogP contribution in [0.2, 0.25) is 0 Å². The summed E-state index contributed by atoms with van der Waals surface area (Å²) in [5, 5.41) is 1.73. The molecule has 5 rings (SSSR count). The van der Waals surface area contributed by atoms with Crippen molar-refractivity contribution in [3.05, 3.63) is 76.0 Å². The Balaban J connectivity index is 1.48. The molecule has 1 aliphatic rings. The molecular weight excluding hydrogens is 453 g/mol. The molecule has 1 aliphatic heterocycles. The van der Waals surface area contributed by atoms with Crippen LogP contribution in [-0.4, -0.2) is 26.2 Å². The van der Waals surface area contributed by atoms with Gasteiger partial charge >= 0.3 is 5.63 Å². The van der Waals surface area contributed by atoms with E-state index in [1.165, 1.54) is 6.42 Å². The van der Waals surface area contributed by atoms with Gasteiger partial charge in [-0.1, -0.05) is 0 Å². The van der Waals surface area contributed by atoms with Crippen molar-refractivity contribution in [2.24, 2.45) is 7.05 Å². The lowest BCUT2D eigenvalue weighted by Crippen LogP contribution is -2.34. The topological polar surface area (TPSA) is 40.6 Å². The average Bonchev–Trinajstić information content (AvgIpc) is 2.89. The molecule has 0 bridgehead atoms. The highest BCUT2D eigenvalue weighted by Crippen LogP contribution is 2.27. The molecule has 6 heteroatoms. The maximum atomic E-state index is 14.9. The van der Waals surface area contributed by atoms with Crippen LogP contribution in [0, 0.1) is 5.82 Å². The third-order valence-corrected chi connectivity index (χ3v) is 7.28. The predicted molar refractivity (Wildman–Crippen MR) is 146 cm³/mol. The zero-order valence-corrected chi connectivity index (χ0v) is 21.3. The Kier molecular flexibility index (Phi) is 6.77. The summed E-state index contributed by atoms with van der Waals surface area (Å²) in [6, 6.07) is 15.3. The van der Waals surface area contributed by atoms with E-state index >= 15 is 0 Å². The second kappa shape index (κ2) is 10.1. The molecule has 1 fully saturated rings. The van der Waals surface area contributed by atoms with Crippen molar-refractivity contribution >= 4 is 45.4 Å². The molecule has 36 heavy (non-hydrogen) atoms. The third-order valence-electron chi connectivity index (χ3n) is 7.28. The van der Waals surface area contributed by atoms with E-state index in [4.69, 9.17) is 4.42 Å². The molecule has 0 unspecified atom stereocenters. The maximum Gasteiger partial charge on any atom is 0.343 e. The zero-order chi connectivity index (χ0) is 25.2. The lowest BCUT2D eigenvalue weighted by molar-refractivity contribution is -0.646. The summed E-state index contributed by atoms with van der Waals surface area (Å²) in [6.07, 6.45) is 7.09. The number of pyridine rings is 1. The quantitative estimate of drug-likeness (QED) is 0.251. The lowest BCUT2D eigenvalue weighted by atomic mass is 10.1. The van der Waals surface area contributed by atoms with Crippen LogP contribution in [-0.2, 0) is 7.05 Å². The first-order chi connectivity index (χ1) is 17.5. The number of piperidine rings is 1. The van der Waals surface area contributed by atoms with Gasteiger partial charge in [-0.05, 0) is 69.5 Å². The molecule has 0 N–H and O–H groups in total. The molecule has 0 amide bonds. The van der Waals surface area contributed by atoms with Crippen LogP contribution in [0.4, 0.5) is 15.8 Å². The second-order valence-corrected chi connectivity index (χ2v) is 9.44. The molecule has 0 radical (unpaired) electrons. The number of nitrogens with zero attached hydrogens (tertiary/aromatic N) is 3. The Hall–Kier alpha value is -3.67. The van der Waals surface area contributed by atoms with Crippen molar-refractivity contribution < 1.29 is 13.4 Å². The molecule has 1 saturated heterocycles. The minimum absolute atomic E-state index is 0.175. The van der Waals surface area contributed by atoms with Crippen LogP contribution >= 0.6 is 0 Å². The van der Waals surface area contributed by atoms with Crippen LogP contribution in [0.3, 0.4) is 0 Å². The van der Waals surface area contributed by atoms with Crippen molar-refractivity contribution in [1.82, 2.24) is 0 Å². The number of benzene rings is 2. The number of rotatable bonds is 6. The maximum absolute atomic E-state index is 14.9. The molecule has 0 saturated carbocycles. The summed E-state index contributed by atoms with van der Waals surface area (Å²) in [6.45, 7) is 7.77. The third kappa shape index (κ3) is 4.60. The van der Waals surface area contributed by atoms with Gasteiger partial charge in [-0.3, -0.25) is 0 Å². The minimum atomic E-state index is -0.367. The summed E-state index contributed by atoms with van der Waals surface area (Å²) in [7, 11) is 1.97. The van der Waals surface area contributed by atoms with Crippen molar-refractivity contribution in [2.75, 3.05) is 36.0 Å². The average molecular weight is 487 g/mol. The summed E-state index contributed by atoms with van der Waals surface area (Å²) in [5.41, 5.74) is 4.29. The van der Waals surface area contributed by atoms with Gasteiger partial charge in [0, 0.05) is 66.9 Å². The van der Waals surface area contributed by atoms with E-state index in [0.717, 1.165) is 66.7 Å². The lowest BCUT2D eigenvalue weighted by Gasteiger charge is -2.29.